The summed E-state index contributed by atoms with van der Waals surface area (Å²) >= 11 is 1.61. The van der Waals surface area contributed by atoms with Crippen LogP contribution in [0.25, 0.3) is 0 Å². The number of aliphatic hydroxyl groups excluding tert-OH is 1. The molecule has 0 bridgehead atoms. The summed E-state index contributed by atoms with van der Waals surface area (Å²) in [4.78, 5) is 14.5. The third-order valence-corrected chi connectivity index (χ3v) is 7.17. The predicted octanol–water partition coefficient (Wildman–Crippen LogP) is 5.38. The van der Waals surface area contributed by atoms with Gasteiger partial charge in [-0.3, -0.25) is 4.79 Å². The molecule has 29 heavy (non-hydrogen) atoms. The highest BCUT2D eigenvalue weighted by Crippen LogP contribution is 2.44. The Balaban J connectivity index is 1.55. The Bertz CT molecular complexity index is 821. The van der Waals surface area contributed by atoms with E-state index < -0.39 is 17.8 Å². The summed E-state index contributed by atoms with van der Waals surface area (Å²) in [7, 11) is 0. The SMILES string of the molecule is C[C@@H](O)c1ccc(C2(CNC(=O)CCc3ccc(C(F)(F)F)cc3)CCCC2)s1. The van der Waals surface area contributed by atoms with Crippen molar-refractivity contribution in [2.75, 3.05) is 6.54 Å². The number of aliphatic hydroxyl groups is 1. The van der Waals surface area contributed by atoms with Crippen LogP contribution < -0.4 is 5.32 Å². The lowest BCUT2D eigenvalue weighted by atomic mass is 9.84. The van der Waals surface area contributed by atoms with Crippen molar-refractivity contribution in [2.45, 2.75) is 63.1 Å². The Morgan fingerprint density at radius 2 is 1.83 bits per heavy atom. The smallest absolute Gasteiger partial charge is 0.388 e. The number of aryl methyl sites for hydroxylation is 1. The Morgan fingerprint density at radius 3 is 2.38 bits per heavy atom. The molecular weight excluding hydrogens is 399 g/mol. The first kappa shape index (κ1) is 21.8. The van der Waals surface area contributed by atoms with Gasteiger partial charge in [0.05, 0.1) is 11.7 Å². The third-order valence-electron chi connectivity index (χ3n) is 5.67. The number of hydrogen-bond acceptors (Lipinski definition) is 3. The van der Waals surface area contributed by atoms with E-state index in [-0.39, 0.29) is 17.7 Å². The molecule has 0 saturated heterocycles. The number of carbonyl (C=O) groups excluding carboxylic acids is 1. The summed E-state index contributed by atoms with van der Waals surface area (Å²) in [5, 5.41) is 12.8. The van der Waals surface area contributed by atoms with E-state index in [1.807, 2.05) is 6.07 Å². The number of thiophene rings is 1. The van der Waals surface area contributed by atoms with Crippen molar-refractivity contribution in [3.8, 4) is 0 Å². The summed E-state index contributed by atoms with van der Waals surface area (Å²) < 4.78 is 37.9. The van der Waals surface area contributed by atoms with Gasteiger partial charge in [-0.15, -0.1) is 11.3 Å². The number of halogens is 3. The third kappa shape index (κ3) is 5.39. The fourth-order valence-electron chi connectivity index (χ4n) is 3.90. The Labute approximate surface area is 173 Å². The van der Waals surface area contributed by atoms with Gasteiger partial charge in [0.25, 0.3) is 0 Å². The summed E-state index contributed by atoms with van der Waals surface area (Å²) in [6.07, 6.45) is 0.0453. The molecule has 1 aliphatic rings. The van der Waals surface area contributed by atoms with Crippen molar-refractivity contribution < 1.29 is 23.1 Å². The first-order chi connectivity index (χ1) is 13.7. The molecular formula is C22H26F3NO2S. The molecule has 1 aromatic heterocycles. The van der Waals surface area contributed by atoms with Crippen LogP contribution in [0.1, 0.15) is 66.0 Å². The number of amides is 1. The number of alkyl halides is 3. The molecule has 2 aromatic rings. The van der Waals surface area contributed by atoms with Gasteiger partial charge in [0.15, 0.2) is 0 Å². The zero-order valence-corrected chi connectivity index (χ0v) is 17.2. The van der Waals surface area contributed by atoms with E-state index in [2.05, 4.69) is 11.4 Å². The second kappa shape index (κ2) is 8.88. The Morgan fingerprint density at radius 1 is 1.17 bits per heavy atom. The monoisotopic (exact) mass is 425 g/mol. The van der Waals surface area contributed by atoms with E-state index in [9.17, 15) is 23.1 Å². The van der Waals surface area contributed by atoms with Crippen LogP contribution in [0.5, 0.6) is 0 Å². The highest BCUT2D eigenvalue weighted by atomic mass is 32.1. The second-order valence-corrected chi connectivity index (χ2v) is 8.95. The van der Waals surface area contributed by atoms with Crippen molar-refractivity contribution in [2.24, 2.45) is 0 Å². The van der Waals surface area contributed by atoms with Crippen LogP contribution >= 0.6 is 11.3 Å². The molecule has 0 spiro atoms. The van der Waals surface area contributed by atoms with E-state index in [0.29, 0.717) is 18.5 Å². The van der Waals surface area contributed by atoms with Gasteiger partial charge in [-0.25, -0.2) is 0 Å². The zero-order valence-electron chi connectivity index (χ0n) is 16.4. The van der Waals surface area contributed by atoms with Crippen LogP contribution in [0.15, 0.2) is 36.4 Å². The average molecular weight is 426 g/mol. The van der Waals surface area contributed by atoms with E-state index in [1.54, 1.807) is 18.3 Å². The van der Waals surface area contributed by atoms with Gasteiger partial charge in [-0.2, -0.15) is 13.2 Å². The molecule has 1 aliphatic carbocycles. The summed E-state index contributed by atoms with van der Waals surface area (Å²) in [6, 6.07) is 8.98. The van der Waals surface area contributed by atoms with E-state index in [0.717, 1.165) is 42.7 Å². The fraction of sp³-hybridized carbons (Fsp3) is 0.500. The van der Waals surface area contributed by atoms with Crippen molar-refractivity contribution in [1.82, 2.24) is 5.32 Å². The quantitative estimate of drug-likeness (QED) is 0.626. The highest BCUT2D eigenvalue weighted by molar-refractivity contribution is 7.12. The number of carbonyl (C=O) groups is 1. The Kier molecular flexibility index (Phi) is 6.69. The average Bonchev–Trinajstić information content (AvgIpc) is 3.34. The van der Waals surface area contributed by atoms with Gasteiger partial charge >= 0.3 is 6.18 Å². The van der Waals surface area contributed by atoms with E-state index in [1.165, 1.54) is 17.0 Å². The molecule has 158 valence electrons. The van der Waals surface area contributed by atoms with Gasteiger partial charge < -0.3 is 10.4 Å². The van der Waals surface area contributed by atoms with E-state index in [4.69, 9.17) is 0 Å². The standard InChI is InChI=1S/C22H26F3NO2S/c1-15(27)18-9-10-19(29-18)21(12-2-3-13-21)14-26-20(28)11-6-16-4-7-17(8-5-16)22(23,24)25/h4-5,7-10,15,27H,2-3,6,11-14H2,1H3,(H,26,28)/t15-/m1/s1. The number of rotatable bonds is 7. The van der Waals surface area contributed by atoms with Crippen LogP contribution in [0, 0.1) is 0 Å². The lowest BCUT2D eigenvalue weighted by Crippen LogP contribution is -2.38. The fourth-order valence-corrected chi connectivity index (χ4v) is 5.09. The first-order valence-corrected chi connectivity index (χ1v) is 10.7. The lowest BCUT2D eigenvalue weighted by molar-refractivity contribution is -0.137. The van der Waals surface area contributed by atoms with Crippen molar-refractivity contribution in [3.05, 3.63) is 57.3 Å². The maximum atomic E-state index is 12.6. The van der Waals surface area contributed by atoms with Gasteiger partial charge in [0.1, 0.15) is 0 Å². The molecule has 0 radical (unpaired) electrons. The predicted molar refractivity (Wildman–Crippen MR) is 108 cm³/mol. The van der Waals surface area contributed by atoms with Crippen LogP contribution in [0.3, 0.4) is 0 Å². The maximum absolute atomic E-state index is 12.6. The molecule has 2 N–H and O–H groups in total. The molecule has 1 saturated carbocycles. The van der Waals surface area contributed by atoms with Gasteiger partial charge in [0, 0.05) is 28.1 Å². The maximum Gasteiger partial charge on any atom is 0.416 e. The molecule has 1 atom stereocenters. The first-order valence-electron chi connectivity index (χ1n) is 9.91. The van der Waals surface area contributed by atoms with Crippen LogP contribution in [0.2, 0.25) is 0 Å². The van der Waals surface area contributed by atoms with Crippen LogP contribution in [0.4, 0.5) is 13.2 Å². The molecule has 1 fully saturated rings. The summed E-state index contributed by atoms with van der Waals surface area (Å²) in [6.45, 7) is 2.30. The van der Waals surface area contributed by atoms with Gasteiger partial charge in [-0.05, 0) is 56.0 Å². The number of nitrogens with one attached hydrogen (secondary N) is 1. The van der Waals surface area contributed by atoms with Crippen molar-refractivity contribution in [3.63, 3.8) is 0 Å². The van der Waals surface area contributed by atoms with Gasteiger partial charge in [0.2, 0.25) is 5.91 Å². The highest BCUT2D eigenvalue weighted by Gasteiger charge is 2.37. The van der Waals surface area contributed by atoms with Crippen molar-refractivity contribution >= 4 is 17.2 Å². The minimum atomic E-state index is -4.35. The van der Waals surface area contributed by atoms with E-state index >= 15 is 0 Å². The lowest BCUT2D eigenvalue weighted by Gasteiger charge is -2.28. The zero-order chi connectivity index (χ0) is 21.1. The summed E-state index contributed by atoms with van der Waals surface area (Å²) in [5.74, 6) is -0.0940. The molecule has 1 amide bonds. The van der Waals surface area contributed by atoms with Crippen molar-refractivity contribution in [1.29, 1.82) is 0 Å². The summed E-state index contributed by atoms with van der Waals surface area (Å²) in [5.41, 5.74) is -0.0492. The van der Waals surface area contributed by atoms with Crippen LogP contribution in [-0.4, -0.2) is 17.6 Å². The molecule has 3 rings (SSSR count). The molecule has 1 aromatic carbocycles. The normalized spacial score (nSPS) is 17.3. The number of benzene rings is 1. The second-order valence-electron chi connectivity index (χ2n) is 7.84. The minimum Gasteiger partial charge on any atom is -0.388 e. The van der Waals surface area contributed by atoms with Crippen LogP contribution in [-0.2, 0) is 22.8 Å². The molecule has 1 heterocycles. The topological polar surface area (TPSA) is 49.3 Å². The molecule has 7 heteroatoms. The molecule has 3 nitrogen and oxygen atoms in total. The molecule has 0 aliphatic heterocycles. The minimum absolute atomic E-state index is 0.0815. The largest absolute Gasteiger partial charge is 0.416 e. The number of hydrogen-bond donors (Lipinski definition) is 2. The molecule has 0 unspecified atom stereocenters. The Hall–Kier alpha value is -1.86. The van der Waals surface area contributed by atoms with Gasteiger partial charge in [-0.1, -0.05) is 25.0 Å².